The number of amidine groups is 1. The first-order valence-electron chi connectivity index (χ1n) is 4.22. The van der Waals surface area contributed by atoms with Crippen molar-refractivity contribution in [3.8, 4) is 0 Å². The maximum Gasteiger partial charge on any atom is 0.313 e. The Bertz CT molecular complexity index is 193. The van der Waals surface area contributed by atoms with E-state index in [1.165, 1.54) is 0 Å². The van der Waals surface area contributed by atoms with E-state index in [0.717, 1.165) is 12.8 Å². The molecule has 0 aromatic heterocycles. The van der Waals surface area contributed by atoms with Crippen molar-refractivity contribution >= 4 is 24.2 Å². The number of hydrogen-bond donors (Lipinski definition) is 2. The number of carbonyl (C=O) groups is 1. The van der Waals surface area contributed by atoms with Crippen LogP contribution < -0.4 is 5.32 Å². The first-order chi connectivity index (χ1) is 5.72. The molecule has 1 saturated carbocycles. The Morgan fingerprint density at radius 2 is 2.23 bits per heavy atom. The second-order valence-electron chi connectivity index (χ2n) is 2.88. The Kier molecular flexibility index (Phi) is 5.46. The topological polar surface area (TPSA) is 62.2 Å². The quantitative estimate of drug-likeness (QED) is 0.411. The molecule has 76 valence electrons. The molecule has 0 saturated heterocycles. The molecule has 0 radical (unpaired) electrons. The minimum absolute atomic E-state index is 0. The van der Waals surface area contributed by atoms with Gasteiger partial charge in [-0.3, -0.25) is 10.2 Å². The third kappa shape index (κ3) is 5.47. The Morgan fingerprint density at radius 1 is 1.62 bits per heavy atom. The van der Waals surface area contributed by atoms with E-state index in [-0.39, 0.29) is 30.6 Å². The van der Waals surface area contributed by atoms with Gasteiger partial charge in [0.1, 0.15) is 12.3 Å². The van der Waals surface area contributed by atoms with Gasteiger partial charge in [0.05, 0.1) is 6.61 Å². The molecule has 0 spiro atoms. The summed E-state index contributed by atoms with van der Waals surface area (Å²) in [6.45, 7) is 2.14. The lowest BCUT2D eigenvalue weighted by Crippen LogP contribution is -2.27. The van der Waals surface area contributed by atoms with Gasteiger partial charge in [-0.1, -0.05) is 0 Å². The molecule has 1 rings (SSSR count). The van der Waals surface area contributed by atoms with E-state index in [2.05, 4.69) is 5.32 Å². The van der Waals surface area contributed by atoms with Crippen LogP contribution in [0.2, 0.25) is 0 Å². The van der Waals surface area contributed by atoms with Crippen molar-refractivity contribution in [1.29, 1.82) is 5.41 Å². The molecule has 1 fully saturated rings. The monoisotopic (exact) mass is 206 g/mol. The van der Waals surface area contributed by atoms with Gasteiger partial charge >= 0.3 is 5.97 Å². The summed E-state index contributed by atoms with van der Waals surface area (Å²) in [5, 5.41) is 10.3. The van der Waals surface area contributed by atoms with E-state index in [1.54, 1.807) is 6.92 Å². The van der Waals surface area contributed by atoms with Crippen molar-refractivity contribution in [2.45, 2.75) is 32.2 Å². The van der Waals surface area contributed by atoms with Gasteiger partial charge in [-0.25, -0.2) is 0 Å². The average molecular weight is 207 g/mol. The van der Waals surface area contributed by atoms with Crippen molar-refractivity contribution in [1.82, 2.24) is 5.32 Å². The Balaban J connectivity index is 0.00000144. The van der Waals surface area contributed by atoms with Crippen LogP contribution in [-0.2, 0) is 9.53 Å². The molecule has 0 atom stereocenters. The normalized spacial score (nSPS) is 14.2. The van der Waals surface area contributed by atoms with Crippen molar-refractivity contribution < 1.29 is 9.53 Å². The Hall–Kier alpha value is -0.770. The van der Waals surface area contributed by atoms with Gasteiger partial charge in [0.25, 0.3) is 0 Å². The maximum atomic E-state index is 10.9. The standard InChI is InChI=1S/C8H14N2O2.ClH/c1-2-12-8(11)5-7(9)10-6-3-4-6;/h6H,2-5H2,1H3,(H2,9,10);1H. The molecule has 0 unspecified atom stereocenters. The molecule has 0 aliphatic heterocycles. The summed E-state index contributed by atoms with van der Waals surface area (Å²) in [4.78, 5) is 10.9. The van der Waals surface area contributed by atoms with Gasteiger partial charge in [0.2, 0.25) is 0 Å². The number of carbonyl (C=O) groups excluding carboxylic acids is 1. The molecule has 0 aromatic carbocycles. The highest BCUT2D eigenvalue weighted by Gasteiger charge is 2.22. The lowest BCUT2D eigenvalue weighted by molar-refractivity contribution is -0.141. The second-order valence-corrected chi connectivity index (χ2v) is 2.88. The minimum atomic E-state index is -0.323. The lowest BCUT2D eigenvalue weighted by atomic mass is 10.4. The zero-order chi connectivity index (χ0) is 8.97. The van der Waals surface area contributed by atoms with E-state index in [1.807, 2.05) is 0 Å². The highest BCUT2D eigenvalue weighted by Crippen LogP contribution is 2.18. The van der Waals surface area contributed by atoms with E-state index >= 15 is 0 Å². The van der Waals surface area contributed by atoms with Crippen LogP contribution in [0.1, 0.15) is 26.2 Å². The van der Waals surface area contributed by atoms with Gasteiger partial charge in [0.15, 0.2) is 0 Å². The molecular weight excluding hydrogens is 192 g/mol. The van der Waals surface area contributed by atoms with E-state index in [0.29, 0.717) is 12.6 Å². The third-order valence-corrected chi connectivity index (χ3v) is 1.58. The molecule has 0 bridgehead atoms. The molecule has 13 heavy (non-hydrogen) atoms. The fourth-order valence-corrected chi connectivity index (χ4v) is 0.881. The molecule has 0 heterocycles. The van der Waals surface area contributed by atoms with Crippen LogP contribution in [0, 0.1) is 5.41 Å². The summed E-state index contributed by atoms with van der Waals surface area (Å²) in [6.07, 6.45) is 2.31. The molecular formula is C8H15ClN2O2. The third-order valence-electron chi connectivity index (χ3n) is 1.58. The molecule has 1 aliphatic rings. The largest absolute Gasteiger partial charge is 0.466 e. The van der Waals surface area contributed by atoms with Crippen LogP contribution in [0.5, 0.6) is 0 Å². The summed E-state index contributed by atoms with van der Waals surface area (Å²) in [6, 6.07) is 0.437. The summed E-state index contributed by atoms with van der Waals surface area (Å²) >= 11 is 0. The molecule has 5 heteroatoms. The van der Waals surface area contributed by atoms with Gasteiger partial charge in [-0.15, -0.1) is 12.4 Å². The zero-order valence-electron chi connectivity index (χ0n) is 7.63. The summed E-state index contributed by atoms with van der Waals surface area (Å²) in [5.41, 5.74) is 0. The molecule has 0 amide bonds. The van der Waals surface area contributed by atoms with Crippen molar-refractivity contribution in [2.75, 3.05) is 6.61 Å². The van der Waals surface area contributed by atoms with Gasteiger partial charge < -0.3 is 10.1 Å². The van der Waals surface area contributed by atoms with E-state index < -0.39 is 0 Å². The summed E-state index contributed by atoms with van der Waals surface area (Å²) < 4.78 is 4.69. The van der Waals surface area contributed by atoms with Gasteiger partial charge in [0, 0.05) is 6.04 Å². The second kappa shape index (κ2) is 5.80. The average Bonchev–Trinajstić information content (AvgIpc) is 2.71. The molecule has 4 nitrogen and oxygen atoms in total. The van der Waals surface area contributed by atoms with Crippen molar-refractivity contribution in [3.63, 3.8) is 0 Å². The summed E-state index contributed by atoms with van der Waals surface area (Å²) in [7, 11) is 0. The minimum Gasteiger partial charge on any atom is -0.466 e. The zero-order valence-corrected chi connectivity index (χ0v) is 8.45. The predicted octanol–water partition coefficient (Wildman–Crippen LogP) is 1.09. The van der Waals surface area contributed by atoms with E-state index in [9.17, 15) is 4.79 Å². The first kappa shape index (κ1) is 12.2. The molecule has 2 N–H and O–H groups in total. The number of esters is 1. The molecule has 1 aliphatic carbocycles. The summed E-state index contributed by atoms with van der Waals surface area (Å²) in [5.74, 6) is -0.0494. The number of nitrogens with one attached hydrogen (secondary N) is 2. The van der Waals surface area contributed by atoms with Gasteiger partial charge in [-0.2, -0.15) is 0 Å². The maximum absolute atomic E-state index is 10.9. The highest BCUT2D eigenvalue weighted by molar-refractivity contribution is 5.96. The van der Waals surface area contributed by atoms with Crippen molar-refractivity contribution in [3.05, 3.63) is 0 Å². The van der Waals surface area contributed by atoms with Crippen LogP contribution >= 0.6 is 12.4 Å². The number of halogens is 1. The number of ether oxygens (including phenoxy) is 1. The predicted molar refractivity (Wildman–Crippen MR) is 52.4 cm³/mol. The SMILES string of the molecule is CCOC(=O)CC(=N)NC1CC1.Cl. The lowest BCUT2D eigenvalue weighted by Gasteiger charge is -2.05. The van der Waals surface area contributed by atoms with Crippen LogP contribution in [-0.4, -0.2) is 24.5 Å². The van der Waals surface area contributed by atoms with E-state index in [4.69, 9.17) is 10.1 Å². The van der Waals surface area contributed by atoms with Crippen molar-refractivity contribution in [2.24, 2.45) is 0 Å². The van der Waals surface area contributed by atoms with Crippen LogP contribution in [0.4, 0.5) is 0 Å². The number of rotatable bonds is 4. The van der Waals surface area contributed by atoms with Gasteiger partial charge in [-0.05, 0) is 19.8 Å². The fourth-order valence-electron chi connectivity index (χ4n) is 0.881. The fraction of sp³-hybridized carbons (Fsp3) is 0.750. The highest BCUT2D eigenvalue weighted by atomic mass is 35.5. The van der Waals surface area contributed by atoms with Crippen LogP contribution in [0.25, 0.3) is 0 Å². The smallest absolute Gasteiger partial charge is 0.313 e. The Labute approximate surface area is 84.0 Å². The molecule has 0 aromatic rings. The Morgan fingerprint density at radius 3 is 2.69 bits per heavy atom. The van der Waals surface area contributed by atoms with Crippen LogP contribution in [0.15, 0.2) is 0 Å². The number of hydrogen-bond acceptors (Lipinski definition) is 3. The first-order valence-corrected chi connectivity index (χ1v) is 4.22. The van der Waals surface area contributed by atoms with Crippen LogP contribution in [0.3, 0.4) is 0 Å².